The fourth-order valence-corrected chi connectivity index (χ4v) is 2.13. The van der Waals surface area contributed by atoms with Gasteiger partial charge in [-0.15, -0.1) is 11.3 Å². The summed E-state index contributed by atoms with van der Waals surface area (Å²) in [6.45, 7) is -0.188. The van der Waals surface area contributed by atoms with Gasteiger partial charge in [0.25, 0.3) is 0 Å². The number of hydrogen-bond donors (Lipinski definition) is 1. The van der Waals surface area contributed by atoms with Crippen molar-refractivity contribution in [1.82, 2.24) is 4.98 Å². The molecule has 0 saturated carbocycles. The van der Waals surface area contributed by atoms with E-state index in [2.05, 4.69) is 4.98 Å². The lowest BCUT2D eigenvalue weighted by molar-refractivity contribution is 0.277. The number of aromatic nitrogens is 1. The molecule has 74 valence electrons. The summed E-state index contributed by atoms with van der Waals surface area (Å²) in [5.41, 5.74) is 1.43. The van der Waals surface area contributed by atoms with Gasteiger partial charge in [-0.25, -0.2) is 4.98 Å². The van der Waals surface area contributed by atoms with Crippen LogP contribution in [-0.4, -0.2) is 10.1 Å². The van der Waals surface area contributed by atoms with Crippen LogP contribution in [0.5, 0.6) is 0 Å². The second-order valence-corrected chi connectivity index (χ2v) is 3.93. The van der Waals surface area contributed by atoms with Gasteiger partial charge in [0.15, 0.2) is 0 Å². The predicted molar refractivity (Wildman–Crippen MR) is 58.2 cm³/mol. The van der Waals surface area contributed by atoms with E-state index in [-0.39, 0.29) is 6.61 Å². The van der Waals surface area contributed by atoms with Crippen molar-refractivity contribution in [3.05, 3.63) is 40.9 Å². The van der Waals surface area contributed by atoms with Crippen LogP contribution in [0.2, 0.25) is 0 Å². The van der Waals surface area contributed by atoms with Gasteiger partial charge < -0.3 is 5.11 Å². The third kappa shape index (κ3) is 1.89. The van der Waals surface area contributed by atoms with Crippen molar-refractivity contribution >= 4 is 11.3 Å². The molecule has 0 amide bonds. The lowest BCUT2D eigenvalue weighted by Crippen LogP contribution is -1.85. The number of nitrogens with zero attached hydrogens (tertiary/aromatic N) is 2. The molecular formula is C11H8N2OS. The molecule has 15 heavy (non-hydrogen) atoms. The minimum atomic E-state index is -0.188. The second kappa shape index (κ2) is 4.22. The smallest absolute Gasteiger partial charge is 0.130 e. The molecule has 0 saturated heterocycles. The van der Waals surface area contributed by atoms with Gasteiger partial charge in [0, 0.05) is 5.56 Å². The maximum absolute atomic E-state index is 9.00. The Bertz CT molecular complexity index is 499. The van der Waals surface area contributed by atoms with E-state index in [0.717, 1.165) is 10.6 Å². The van der Waals surface area contributed by atoms with E-state index in [1.54, 1.807) is 0 Å². The first-order valence-electron chi connectivity index (χ1n) is 4.41. The monoisotopic (exact) mass is 216 g/mol. The lowest BCUT2D eigenvalue weighted by Gasteiger charge is -1.92. The Labute approximate surface area is 91.3 Å². The molecule has 3 nitrogen and oxygen atoms in total. The quantitative estimate of drug-likeness (QED) is 0.837. The maximum Gasteiger partial charge on any atom is 0.130 e. The lowest BCUT2D eigenvalue weighted by atomic mass is 10.2. The molecule has 1 N–H and O–H groups in total. The Hall–Kier alpha value is -1.70. The number of hydrogen-bond acceptors (Lipinski definition) is 4. The summed E-state index contributed by atoms with van der Waals surface area (Å²) in [5, 5.41) is 18.6. The van der Waals surface area contributed by atoms with Gasteiger partial charge in [-0.3, -0.25) is 0 Å². The summed E-state index contributed by atoms with van der Waals surface area (Å²) in [7, 11) is 0. The van der Waals surface area contributed by atoms with Crippen molar-refractivity contribution < 1.29 is 5.11 Å². The first kappa shape index (κ1) is 9.84. The van der Waals surface area contributed by atoms with Crippen molar-refractivity contribution in [2.45, 2.75) is 6.61 Å². The van der Waals surface area contributed by atoms with E-state index in [9.17, 15) is 0 Å². The molecule has 0 fully saturated rings. The molecule has 0 atom stereocenters. The summed E-state index contributed by atoms with van der Waals surface area (Å²) in [4.78, 5) is 4.70. The minimum absolute atomic E-state index is 0.188. The molecule has 2 rings (SSSR count). The molecule has 0 aliphatic carbocycles. The van der Waals surface area contributed by atoms with E-state index >= 15 is 0 Å². The van der Waals surface area contributed by atoms with Crippen LogP contribution in [0.4, 0.5) is 0 Å². The van der Waals surface area contributed by atoms with Crippen molar-refractivity contribution in [3.63, 3.8) is 0 Å². The maximum atomic E-state index is 9.00. The number of aliphatic hydroxyl groups excluding tert-OH is 1. The van der Waals surface area contributed by atoms with Crippen LogP contribution >= 0.6 is 11.3 Å². The van der Waals surface area contributed by atoms with E-state index < -0.39 is 0 Å². The number of nitriles is 1. The number of rotatable bonds is 2. The molecular weight excluding hydrogens is 208 g/mol. The molecule has 0 aliphatic rings. The fourth-order valence-electron chi connectivity index (χ4n) is 1.25. The average Bonchev–Trinajstić information content (AvgIpc) is 2.73. The molecule has 0 spiro atoms. The summed E-state index contributed by atoms with van der Waals surface area (Å²) in [6, 6.07) is 11.7. The van der Waals surface area contributed by atoms with Crippen LogP contribution in [0, 0.1) is 11.3 Å². The molecule has 4 heteroatoms. The summed E-state index contributed by atoms with van der Waals surface area (Å²) >= 11 is 1.30. The third-order valence-corrected chi connectivity index (χ3v) is 3.02. The molecule has 0 unspecified atom stereocenters. The zero-order chi connectivity index (χ0) is 10.7. The van der Waals surface area contributed by atoms with Crippen LogP contribution in [0.25, 0.3) is 10.6 Å². The Balaban J connectivity index is 2.48. The normalized spacial score (nSPS) is 9.87. The zero-order valence-corrected chi connectivity index (χ0v) is 8.66. The van der Waals surface area contributed by atoms with E-state index in [4.69, 9.17) is 10.4 Å². The summed E-state index contributed by atoms with van der Waals surface area (Å²) in [5.74, 6) is 0. The van der Waals surface area contributed by atoms with Gasteiger partial charge in [-0.05, 0) is 0 Å². The van der Waals surface area contributed by atoms with Gasteiger partial charge in [0.1, 0.15) is 16.0 Å². The highest BCUT2D eigenvalue weighted by molar-refractivity contribution is 7.15. The highest BCUT2D eigenvalue weighted by Gasteiger charge is 2.10. The minimum Gasteiger partial charge on any atom is -0.390 e. The summed E-state index contributed by atoms with van der Waals surface area (Å²) in [6.07, 6.45) is 0. The Morgan fingerprint density at radius 1 is 1.33 bits per heavy atom. The van der Waals surface area contributed by atoms with Crippen LogP contribution < -0.4 is 0 Å². The molecule has 2 aromatic rings. The average molecular weight is 216 g/mol. The van der Waals surface area contributed by atoms with Crippen LogP contribution in [0.3, 0.4) is 0 Å². The van der Waals surface area contributed by atoms with Crippen molar-refractivity contribution in [2.24, 2.45) is 0 Å². The van der Waals surface area contributed by atoms with Gasteiger partial charge in [0.2, 0.25) is 0 Å². The van der Waals surface area contributed by atoms with Crippen molar-refractivity contribution in [1.29, 1.82) is 5.26 Å². The molecule has 1 heterocycles. The Morgan fingerprint density at radius 2 is 2.07 bits per heavy atom. The number of thiazole rings is 1. The van der Waals surface area contributed by atoms with Gasteiger partial charge in [-0.2, -0.15) is 5.26 Å². The Morgan fingerprint density at radius 3 is 2.60 bits per heavy atom. The van der Waals surface area contributed by atoms with Gasteiger partial charge in [0.05, 0.1) is 12.3 Å². The topological polar surface area (TPSA) is 56.9 Å². The molecule has 0 radical (unpaired) electrons. The highest BCUT2D eigenvalue weighted by atomic mass is 32.1. The molecule has 0 aliphatic heterocycles. The standard InChI is InChI=1S/C11H8N2OS/c12-6-10-9(7-14)13-11(15-10)8-4-2-1-3-5-8/h1-5,14H,7H2. The second-order valence-electron chi connectivity index (χ2n) is 2.93. The fraction of sp³-hybridized carbons (Fsp3) is 0.0909. The largest absolute Gasteiger partial charge is 0.390 e. The highest BCUT2D eigenvalue weighted by Crippen LogP contribution is 2.27. The summed E-state index contributed by atoms with van der Waals surface area (Å²) < 4.78 is 0. The van der Waals surface area contributed by atoms with Gasteiger partial charge >= 0.3 is 0 Å². The predicted octanol–water partition coefficient (Wildman–Crippen LogP) is 2.17. The number of aliphatic hydroxyl groups is 1. The van der Waals surface area contributed by atoms with Crippen LogP contribution in [-0.2, 0) is 6.61 Å². The van der Waals surface area contributed by atoms with Crippen molar-refractivity contribution in [2.75, 3.05) is 0 Å². The Kier molecular flexibility index (Phi) is 2.77. The molecule has 1 aromatic heterocycles. The first-order valence-corrected chi connectivity index (χ1v) is 5.23. The first-order chi connectivity index (χ1) is 7.35. The van der Waals surface area contributed by atoms with Crippen LogP contribution in [0.15, 0.2) is 30.3 Å². The van der Waals surface area contributed by atoms with Crippen LogP contribution in [0.1, 0.15) is 10.6 Å². The SMILES string of the molecule is N#Cc1sc(-c2ccccc2)nc1CO. The van der Waals surface area contributed by atoms with Crippen molar-refractivity contribution in [3.8, 4) is 16.6 Å². The van der Waals surface area contributed by atoms with E-state index in [1.807, 2.05) is 36.4 Å². The van der Waals surface area contributed by atoms with Gasteiger partial charge in [-0.1, -0.05) is 30.3 Å². The number of benzene rings is 1. The van der Waals surface area contributed by atoms with E-state index in [1.165, 1.54) is 11.3 Å². The third-order valence-electron chi connectivity index (χ3n) is 1.97. The molecule has 1 aromatic carbocycles. The molecule has 0 bridgehead atoms. The zero-order valence-electron chi connectivity index (χ0n) is 7.84. The van der Waals surface area contributed by atoms with E-state index in [0.29, 0.717) is 10.6 Å².